The highest BCUT2D eigenvalue weighted by Gasteiger charge is 2.36. The van der Waals surface area contributed by atoms with Gasteiger partial charge in [0.1, 0.15) is 12.6 Å². The van der Waals surface area contributed by atoms with E-state index in [2.05, 4.69) is 22.8 Å². The molecule has 1 aliphatic heterocycles. The quantitative estimate of drug-likeness (QED) is 0.504. The van der Waals surface area contributed by atoms with Crippen LogP contribution in [-0.2, 0) is 19.1 Å². The van der Waals surface area contributed by atoms with Crippen LogP contribution in [0.5, 0.6) is 0 Å². The van der Waals surface area contributed by atoms with Crippen molar-refractivity contribution < 1.29 is 29.0 Å². The van der Waals surface area contributed by atoms with Crippen LogP contribution in [0.3, 0.4) is 0 Å². The number of carbonyl (C=O) groups is 3. The lowest BCUT2D eigenvalue weighted by molar-refractivity contribution is -0.137. The van der Waals surface area contributed by atoms with Crippen LogP contribution in [0.15, 0.2) is 48.5 Å². The Labute approximate surface area is 205 Å². The average Bonchev–Trinajstić information content (AvgIpc) is 3.34. The molecule has 0 spiro atoms. The van der Waals surface area contributed by atoms with E-state index in [9.17, 15) is 14.4 Å². The number of rotatable bonds is 9. The van der Waals surface area contributed by atoms with Gasteiger partial charge in [-0.1, -0.05) is 48.5 Å². The molecule has 2 unspecified atom stereocenters. The van der Waals surface area contributed by atoms with Crippen molar-refractivity contribution in [2.24, 2.45) is 5.92 Å². The summed E-state index contributed by atoms with van der Waals surface area (Å²) < 4.78 is 11.2. The first-order valence-corrected chi connectivity index (χ1v) is 12.0. The molecule has 2 atom stereocenters. The van der Waals surface area contributed by atoms with Gasteiger partial charge in [-0.15, -0.1) is 0 Å². The van der Waals surface area contributed by atoms with Gasteiger partial charge in [0, 0.05) is 31.4 Å². The van der Waals surface area contributed by atoms with Gasteiger partial charge >= 0.3 is 12.1 Å². The van der Waals surface area contributed by atoms with Crippen molar-refractivity contribution in [3.05, 3.63) is 59.7 Å². The Morgan fingerprint density at radius 3 is 2.29 bits per heavy atom. The fourth-order valence-corrected chi connectivity index (χ4v) is 4.94. The third-order valence-corrected chi connectivity index (χ3v) is 7.05. The smallest absolute Gasteiger partial charge is 0.407 e. The van der Waals surface area contributed by atoms with Crippen molar-refractivity contribution in [3.63, 3.8) is 0 Å². The Bertz CT molecular complexity index is 1050. The van der Waals surface area contributed by atoms with Crippen LogP contribution in [0.25, 0.3) is 11.1 Å². The summed E-state index contributed by atoms with van der Waals surface area (Å²) in [6.07, 6.45) is -0.204. The Morgan fingerprint density at radius 1 is 1.09 bits per heavy atom. The lowest BCUT2D eigenvalue weighted by Gasteiger charge is -2.27. The first kappa shape index (κ1) is 24.7. The number of carboxylic acids is 1. The fourth-order valence-electron chi connectivity index (χ4n) is 4.94. The average molecular weight is 481 g/mol. The first-order chi connectivity index (χ1) is 16.8. The Hall–Kier alpha value is -3.39. The van der Waals surface area contributed by atoms with Crippen molar-refractivity contribution in [2.75, 3.05) is 19.8 Å². The standard InChI is InChI=1S/C27H32N2O6/c1-27(2)17(13-14-35-27)15-28-25(32)23(11-12-24(30)31)29-26(33)34-16-22-20-9-5-3-7-18(20)19-8-4-6-10-21(19)22/h3-10,17,22-23H,11-16H2,1-2H3,(H,28,32)(H,29,33)(H,30,31). The zero-order chi connectivity index (χ0) is 25.0. The van der Waals surface area contributed by atoms with E-state index in [1.54, 1.807) is 0 Å². The third kappa shape index (κ3) is 5.65. The zero-order valence-corrected chi connectivity index (χ0v) is 20.1. The lowest BCUT2D eigenvalue weighted by atomic mass is 9.91. The molecular weight excluding hydrogens is 448 g/mol. The van der Waals surface area contributed by atoms with Crippen molar-refractivity contribution in [1.82, 2.24) is 10.6 Å². The van der Waals surface area contributed by atoms with Crippen LogP contribution in [0.2, 0.25) is 0 Å². The van der Waals surface area contributed by atoms with Gasteiger partial charge in [-0.25, -0.2) is 4.79 Å². The summed E-state index contributed by atoms with van der Waals surface area (Å²) in [5.41, 5.74) is 4.07. The minimum absolute atomic E-state index is 0.0318. The highest BCUT2D eigenvalue weighted by molar-refractivity contribution is 5.86. The highest BCUT2D eigenvalue weighted by Crippen LogP contribution is 2.44. The number of nitrogens with one attached hydrogen (secondary N) is 2. The number of fused-ring (bicyclic) bond motifs is 3. The molecule has 3 N–H and O–H groups in total. The first-order valence-electron chi connectivity index (χ1n) is 12.0. The summed E-state index contributed by atoms with van der Waals surface area (Å²) >= 11 is 0. The molecule has 1 saturated heterocycles. The Balaban J connectivity index is 1.37. The predicted molar refractivity (Wildman–Crippen MR) is 130 cm³/mol. The van der Waals surface area contributed by atoms with E-state index in [1.807, 2.05) is 50.2 Å². The SMILES string of the molecule is CC1(C)OCCC1CNC(=O)C(CCC(=O)O)NC(=O)OCC1c2ccccc2-c2ccccc21. The van der Waals surface area contributed by atoms with Gasteiger partial charge in [0.25, 0.3) is 0 Å². The van der Waals surface area contributed by atoms with E-state index in [4.69, 9.17) is 14.6 Å². The molecule has 4 rings (SSSR count). The van der Waals surface area contributed by atoms with Crippen LogP contribution in [0.4, 0.5) is 4.79 Å². The second-order valence-electron chi connectivity index (χ2n) is 9.64. The third-order valence-electron chi connectivity index (χ3n) is 7.05. The maximum atomic E-state index is 12.8. The highest BCUT2D eigenvalue weighted by atomic mass is 16.5. The monoisotopic (exact) mass is 480 g/mol. The van der Waals surface area contributed by atoms with Crippen LogP contribution in [0, 0.1) is 5.92 Å². The van der Waals surface area contributed by atoms with Gasteiger partial charge in [-0.2, -0.15) is 0 Å². The second-order valence-corrected chi connectivity index (χ2v) is 9.64. The van der Waals surface area contributed by atoms with Crippen molar-refractivity contribution in [1.29, 1.82) is 0 Å². The molecule has 8 heteroatoms. The number of carbonyl (C=O) groups excluding carboxylic acids is 2. The number of hydrogen-bond acceptors (Lipinski definition) is 5. The normalized spacial score (nSPS) is 18.9. The summed E-state index contributed by atoms with van der Waals surface area (Å²) in [6.45, 7) is 5.10. The Morgan fingerprint density at radius 2 is 1.71 bits per heavy atom. The molecule has 0 bridgehead atoms. The van der Waals surface area contributed by atoms with Crippen LogP contribution in [-0.4, -0.2) is 54.5 Å². The molecule has 2 aliphatic rings. The summed E-state index contributed by atoms with van der Waals surface area (Å²) in [7, 11) is 0. The molecule has 1 heterocycles. The van der Waals surface area contributed by atoms with Gasteiger partial charge in [0.05, 0.1) is 5.60 Å². The molecule has 35 heavy (non-hydrogen) atoms. The van der Waals surface area contributed by atoms with E-state index < -0.39 is 24.0 Å². The summed E-state index contributed by atoms with van der Waals surface area (Å²) in [5.74, 6) is -1.44. The Kier molecular flexibility index (Phi) is 7.40. The van der Waals surface area contributed by atoms with E-state index in [-0.39, 0.29) is 36.9 Å². The van der Waals surface area contributed by atoms with Crippen LogP contribution in [0.1, 0.15) is 50.2 Å². The maximum Gasteiger partial charge on any atom is 0.407 e. The maximum absolute atomic E-state index is 12.8. The molecule has 1 aliphatic carbocycles. The number of carboxylic acid groups (broad SMARTS) is 1. The molecule has 8 nitrogen and oxygen atoms in total. The number of hydrogen-bond donors (Lipinski definition) is 3. The molecule has 0 saturated carbocycles. The number of alkyl carbamates (subject to hydrolysis) is 1. The van der Waals surface area contributed by atoms with E-state index in [1.165, 1.54) is 0 Å². The van der Waals surface area contributed by atoms with Crippen molar-refractivity contribution >= 4 is 18.0 Å². The summed E-state index contributed by atoms with van der Waals surface area (Å²) in [4.78, 5) is 36.6. The molecule has 0 radical (unpaired) electrons. The van der Waals surface area contributed by atoms with Crippen molar-refractivity contribution in [2.45, 2.75) is 50.7 Å². The minimum atomic E-state index is -1.04. The number of ether oxygens (including phenoxy) is 2. The molecular formula is C27H32N2O6. The van der Waals surface area contributed by atoms with Gasteiger partial charge in [-0.3, -0.25) is 9.59 Å². The lowest BCUT2D eigenvalue weighted by Crippen LogP contribution is -2.49. The fraction of sp³-hybridized carbons (Fsp3) is 0.444. The molecule has 2 aromatic rings. The number of benzene rings is 2. The second kappa shape index (κ2) is 10.5. The largest absolute Gasteiger partial charge is 0.481 e. The van der Waals surface area contributed by atoms with Crippen LogP contribution < -0.4 is 10.6 Å². The number of aliphatic carboxylic acids is 1. The molecule has 2 amide bonds. The minimum Gasteiger partial charge on any atom is -0.481 e. The summed E-state index contributed by atoms with van der Waals surface area (Å²) in [5, 5.41) is 14.5. The van der Waals surface area contributed by atoms with E-state index in [0.29, 0.717) is 13.2 Å². The molecule has 186 valence electrons. The van der Waals surface area contributed by atoms with Gasteiger partial charge in [-0.05, 0) is 48.9 Å². The molecule has 0 aromatic heterocycles. The topological polar surface area (TPSA) is 114 Å². The van der Waals surface area contributed by atoms with E-state index >= 15 is 0 Å². The van der Waals surface area contributed by atoms with Gasteiger partial charge in [0.2, 0.25) is 5.91 Å². The molecule has 1 fully saturated rings. The molecule has 2 aromatic carbocycles. The van der Waals surface area contributed by atoms with Gasteiger partial charge in [0.15, 0.2) is 0 Å². The predicted octanol–water partition coefficient (Wildman–Crippen LogP) is 3.69. The van der Waals surface area contributed by atoms with Gasteiger partial charge < -0.3 is 25.2 Å². The van der Waals surface area contributed by atoms with E-state index in [0.717, 1.165) is 28.7 Å². The number of amides is 2. The van der Waals surface area contributed by atoms with Crippen molar-refractivity contribution in [3.8, 4) is 11.1 Å². The zero-order valence-electron chi connectivity index (χ0n) is 20.1. The van der Waals surface area contributed by atoms with Crippen LogP contribution >= 0.6 is 0 Å². The summed E-state index contributed by atoms with van der Waals surface area (Å²) in [6, 6.07) is 15.0.